The van der Waals surface area contributed by atoms with Crippen molar-refractivity contribution in [1.29, 1.82) is 10.5 Å². The van der Waals surface area contributed by atoms with Crippen LogP contribution in [-0.4, -0.2) is 63.1 Å². The Morgan fingerprint density at radius 3 is 2.43 bits per heavy atom. The summed E-state index contributed by atoms with van der Waals surface area (Å²) in [6.45, 7) is -0.0331. The fourth-order valence-corrected chi connectivity index (χ4v) is 6.36. The highest BCUT2D eigenvalue weighted by atomic mass is 31.3. The second-order valence-corrected chi connectivity index (χ2v) is 11.5. The van der Waals surface area contributed by atoms with E-state index in [0.717, 1.165) is 24.0 Å². The van der Waals surface area contributed by atoms with Crippen LogP contribution >= 0.6 is 23.5 Å². The molecule has 0 saturated carbocycles. The number of aliphatic hydroxyl groups is 1. The third kappa shape index (κ3) is 5.00. The van der Waals surface area contributed by atoms with Gasteiger partial charge in [0.05, 0.1) is 18.9 Å². The molecule has 19 nitrogen and oxygen atoms in total. The summed E-state index contributed by atoms with van der Waals surface area (Å²) in [5, 5.41) is 34.4. The molecule has 1 fully saturated rings. The number of hydrogen-bond donors (Lipinski definition) is 6. The van der Waals surface area contributed by atoms with Crippen LogP contribution in [0.4, 0.5) is 0 Å². The maximum atomic E-state index is 12.0. The molecular weight excluding hydrogens is 541 g/mol. The topological polar surface area (TPSA) is 300 Å². The standard InChI is InChI=1S/C13H15N6O13P3/c1-12(4-14)9(20)7(3-29-34(25,26)32-35(27,28)31-33(22,23)24)30-13(12,5-15)8-2-16-10-11(21)17-6-18-19(8)10/h2,6-7,9,20H,3H2,1H3,(H,25,26)(H,27,28)(H,17,18,21)(H2,22,23,24)/t7-,9-,12-,13+/m1/s1. The van der Waals surface area contributed by atoms with Crippen LogP contribution in [0.15, 0.2) is 17.3 Å². The number of nitrogens with zero attached hydrogens (tertiary/aromatic N) is 5. The number of H-pyrrole nitrogens is 1. The van der Waals surface area contributed by atoms with Gasteiger partial charge in [0.2, 0.25) is 11.2 Å². The lowest BCUT2D eigenvalue weighted by atomic mass is 9.71. The van der Waals surface area contributed by atoms with Gasteiger partial charge in [0.25, 0.3) is 5.56 Å². The van der Waals surface area contributed by atoms with Crippen molar-refractivity contribution >= 4 is 29.1 Å². The molecule has 2 unspecified atom stereocenters. The van der Waals surface area contributed by atoms with Crippen LogP contribution in [0.2, 0.25) is 0 Å². The Balaban J connectivity index is 1.92. The zero-order valence-electron chi connectivity index (χ0n) is 17.1. The van der Waals surface area contributed by atoms with Crippen molar-refractivity contribution in [3.05, 3.63) is 28.6 Å². The maximum absolute atomic E-state index is 12.0. The van der Waals surface area contributed by atoms with E-state index in [1.54, 1.807) is 12.1 Å². The summed E-state index contributed by atoms with van der Waals surface area (Å²) < 4.78 is 52.2. The SMILES string of the molecule is C[C@@]1(C#N)[C@H](O)[C@@H](COP(=O)(O)OP(=O)(O)OP(=O)(O)O)O[C@@]1(C#N)c1cnc2c(=O)[nH]cnn12. The van der Waals surface area contributed by atoms with Gasteiger partial charge in [-0.1, -0.05) is 0 Å². The van der Waals surface area contributed by atoms with Crippen LogP contribution in [0.3, 0.4) is 0 Å². The van der Waals surface area contributed by atoms with E-state index in [4.69, 9.17) is 14.5 Å². The van der Waals surface area contributed by atoms with E-state index in [-0.39, 0.29) is 11.3 Å². The molecule has 2 aromatic heterocycles. The van der Waals surface area contributed by atoms with Crippen LogP contribution in [-0.2, 0) is 37.2 Å². The first-order chi connectivity index (χ1) is 16.0. The predicted octanol–water partition coefficient (Wildman–Crippen LogP) is -1.23. The van der Waals surface area contributed by atoms with Gasteiger partial charge < -0.3 is 34.4 Å². The summed E-state index contributed by atoms with van der Waals surface area (Å²) in [6, 6.07) is 3.46. The summed E-state index contributed by atoms with van der Waals surface area (Å²) in [5.41, 5.74) is -5.74. The van der Waals surface area contributed by atoms with Crippen LogP contribution < -0.4 is 5.56 Å². The van der Waals surface area contributed by atoms with Crippen molar-refractivity contribution in [1.82, 2.24) is 19.6 Å². The number of aromatic amines is 1. The second kappa shape index (κ2) is 8.95. The molecule has 0 spiro atoms. The van der Waals surface area contributed by atoms with E-state index in [9.17, 15) is 43.9 Å². The summed E-state index contributed by atoms with van der Waals surface area (Å²) in [6.07, 6.45) is -1.69. The highest BCUT2D eigenvalue weighted by Gasteiger charge is 2.67. The minimum Gasteiger partial charge on any atom is -0.388 e. The number of nitriles is 2. The lowest BCUT2D eigenvalue weighted by molar-refractivity contribution is -0.0575. The molecule has 0 aromatic carbocycles. The largest absolute Gasteiger partial charge is 0.490 e. The third-order valence-corrected chi connectivity index (χ3v) is 8.68. The molecular formula is C13H15N6O13P3. The quantitative estimate of drug-likeness (QED) is 0.207. The average Bonchev–Trinajstić information content (AvgIpc) is 3.24. The molecule has 0 bridgehead atoms. The number of fused-ring (bicyclic) bond motifs is 1. The maximum Gasteiger partial charge on any atom is 0.490 e. The smallest absolute Gasteiger partial charge is 0.388 e. The third-order valence-electron chi connectivity index (χ3n) is 4.88. The van der Waals surface area contributed by atoms with Crippen molar-refractivity contribution < 1.29 is 56.3 Å². The lowest BCUT2D eigenvalue weighted by Crippen LogP contribution is -2.45. The molecule has 22 heteroatoms. The van der Waals surface area contributed by atoms with Gasteiger partial charge in [-0.2, -0.15) is 24.2 Å². The zero-order valence-corrected chi connectivity index (χ0v) is 19.8. The van der Waals surface area contributed by atoms with Gasteiger partial charge in [0.15, 0.2) is 0 Å². The first-order valence-corrected chi connectivity index (χ1v) is 13.4. The number of nitrogens with one attached hydrogen (secondary N) is 1. The Morgan fingerprint density at radius 2 is 1.86 bits per heavy atom. The molecule has 6 atom stereocenters. The van der Waals surface area contributed by atoms with Crippen LogP contribution in [0.5, 0.6) is 0 Å². The molecule has 0 aliphatic carbocycles. The van der Waals surface area contributed by atoms with E-state index < -0.39 is 58.9 Å². The summed E-state index contributed by atoms with van der Waals surface area (Å²) in [5.74, 6) is 0. The highest BCUT2D eigenvalue weighted by molar-refractivity contribution is 7.66. The van der Waals surface area contributed by atoms with E-state index in [1.807, 2.05) is 0 Å². The first kappa shape index (κ1) is 27.3. The minimum atomic E-state index is -5.81. The molecule has 2 aromatic rings. The molecule has 0 radical (unpaired) electrons. The van der Waals surface area contributed by atoms with Crippen LogP contribution in [0.25, 0.3) is 5.65 Å². The normalized spacial score (nSPS) is 30.3. The minimum absolute atomic E-state index is 0.259. The Kier molecular flexibility index (Phi) is 6.97. The number of phosphoric acid groups is 3. The van der Waals surface area contributed by atoms with Crippen molar-refractivity contribution in [2.45, 2.75) is 24.7 Å². The Labute approximate surface area is 193 Å². The van der Waals surface area contributed by atoms with Gasteiger partial charge >= 0.3 is 23.5 Å². The average molecular weight is 556 g/mol. The van der Waals surface area contributed by atoms with Crippen molar-refractivity contribution in [3.8, 4) is 12.1 Å². The van der Waals surface area contributed by atoms with E-state index in [2.05, 4.69) is 28.2 Å². The van der Waals surface area contributed by atoms with Crippen molar-refractivity contribution in [3.63, 3.8) is 0 Å². The first-order valence-electron chi connectivity index (χ1n) is 8.89. The number of aromatic nitrogens is 4. The fraction of sp³-hybridized carbons (Fsp3) is 0.462. The molecule has 3 heterocycles. The second-order valence-electron chi connectivity index (χ2n) is 7.09. The predicted molar refractivity (Wildman–Crippen MR) is 105 cm³/mol. The van der Waals surface area contributed by atoms with Gasteiger partial charge in [0, 0.05) is 0 Å². The van der Waals surface area contributed by atoms with Gasteiger partial charge in [-0.05, 0) is 6.92 Å². The molecule has 1 aliphatic rings. The van der Waals surface area contributed by atoms with Gasteiger partial charge in [-0.25, -0.2) is 23.2 Å². The molecule has 6 N–H and O–H groups in total. The molecule has 0 amide bonds. The Morgan fingerprint density at radius 1 is 1.20 bits per heavy atom. The molecule has 3 rings (SSSR count). The summed E-state index contributed by atoms with van der Waals surface area (Å²) in [7, 11) is -17.0. The number of ether oxygens (including phenoxy) is 1. The van der Waals surface area contributed by atoms with Crippen LogP contribution in [0, 0.1) is 28.1 Å². The van der Waals surface area contributed by atoms with E-state index in [0.29, 0.717) is 0 Å². The van der Waals surface area contributed by atoms with Gasteiger partial charge in [0.1, 0.15) is 35.7 Å². The number of rotatable bonds is 8. The van der Waals surface area contributed by atoms with Gasteiger partial charge in [-0.3, -0.25) is 9.32 Å². The summed E-state index contributed by atoms with van der Waals surface area (Å²) in [4.78, 5) is 54.0. The molecule has 35 heavy (non-hydrogen) atoms. The number of phosphoric ester groups is 1. The number of imidazole rings is 1. The zero-order chi connectivity index (χ0) is 26.4. The van der Waals surface area contributed by atoms with Crippen molar-refractivity contribution in [2.24, 2.45) is 5.41 Å². The fourth-order valence-electron chi connectivity index (χ4n) is 3.33. The molecule has 1 saturated heterocycles. The lowest BCUT2D eigenvalue weighted by Gasteiger charge is -2.31. The number of hydrogen-bond acceptors (Lipinski definition) is 13. The van der Waals surface area contributed by atoms with Crippen molar-refractivity contribution in [2.75, 3.05) is 6.61 Å². The van der Waals surface area contributed by atoms with Gasteiger partial charge in [-0.15, -0.1) is 0 Å². The molecule has 1 aliphatic heterocycles. The Bertz CT molecular complexity index is 1440. The number of aliphatic hydroxyl groups excluding tert-OH is 1. The van der Waals surface area contributed by atoms with Crippen LogP contribution in [0.1, 0.15) is 12.6 Å². The Hall–Kier alpha value is -2.34. The highest BCUT2D eigenvalue weighted by Crippen LogP contribution is 2.66. The summed E-state index contributed by atoms with van der Waals surface area (Å²) >= 11 is 0. The van der Waals surface area contributed by atoms with E-state index >= 15 is 0 Å². The monoisotopic (exact) mass is 556 g/mol. The van der Waals surface area contributed by atoms with E-state index in [1.165, 1.54) is 0 Å². The molecule has 190 valence electrons.